The third kappa shape index (κ3) is 5.22. The number of ether oxygens (including phenoxy) is 2. The summed E-state index contributed by atoms with van der Waals surface area (Å²) in [5.74, 6) is 0.948. The van der Waals surface area contributed by atoms with Crippen molar-refractivity contribution in [2.45, 2.75) is 6.54 Å². The van der Waals surface area contributed by atoms with Gasteiger partial charge in [0.2, 0.25) is 0 Å². The van der Waals surface area contributed by atoms with Crippen molar-refractivity contribution in [1.29, 1.82) is 0 Å². The molecule has 0 unspecified atom stereocenters. The molecule has 0 saturated carbocycles. The molecule has 1 aromatic heterocycles. The second-order valence-electron chi connectivity index (χ2n) is 8.00. The molecule has 3 aromatic rings. The van der Waals surface area contributed by atoms with E-state index in [4.69, 9.17) is 32.7 Å². The number of hydrogen-bond acceptors (Lipinski definition) is 5. The molecule has 0 aliphatic carbocycles. The Hall–Kier alpha value is -3.00. The lowest BCUT2D eigenvalue weighted by Gasteiger charge is -2.34. The Balaban J connectivity index is 1.44. The second-order valence-corrected chi connectivity index (χ2v) is 8.81. The molecule has 1 fully saturated rings. The van der Waals surface area contributed by atoms with Gasteiger partial charge in [-0.3, -0.25) is 14.5 Å². The first-order valence-electron chi connectivity index (χ1n) is 10.8. The largest absolute Gasteiger partial charge is 0.497 e. The van der Waals surface area contributed by atoms with Crippen LogP contribution in [-0.2, 0) is 6.54 Å². The number of nitrogens with zero attached hydrogens (tertiary/aromatic N) is 2. The molecule has 1 aliphatic heterocycles. The molecule has 2 heterocycles. The van der Waals surface area contributed by atoms with Gasteiger partial charge in [-0.1, -0.05) is 29.3 Å². The van der Waals surface area contributed by atoms with E-state index in [1.54, 1.807) is 55.5 Å². The molecular weight excluding hydrogens is 477 g/mol. The number of rotatable bonds is 6. The first-order valence-corrected chi connectivity index (χ1v) is 11.6. The molecule has 4 rings (SSSR count). The number of H-pyrrole nitrogens is 1. The Morgan fingerprint density at radius 1 is 0.941 bits per heavy atom. The van der Waals surface area contributed by atoms with Gasteiger partial charge < -0.3 is 19.4 Å². The van der Waals surface area contributed by atoms with Crippen LogP contribution in [0.5, 0.6) is 11.5 Å². The van der Waals surface area contributed by atoms with Crippen LogP contribution in [-0.4, -0.2) is 61.1 Å². The number of carbonyl (C=O) groups is 1. The molecule has 0 spiro atoms. The summed E-state index contributed by atoms with van der Waals surface area (Å²) in [7, 11) is 3.13. The van der Waals surface area contributed by atoms with Crippen molar-refractivity contribution in [3.8, 4) is 22.8 Å². The molecule has 178 valence electrons. The molecule has 1 aliphatic rings. The highest BCUT2D eigenvalue weighted by Gasteiger charge is 2.24. The smallest absolute Gasteiger partial charge is 0.261 e. The van der Waals surface area contributed by atoms with E-state index in [-0.39, 0.29) is 11.5 Å². The molecule has 1 saturated heterocycles. The van der Waals surface area contributed by atoms with Gasteiger partial charge in [-0.15, -0.1) is 0 Å². The van der Waals surface area contributed by atoms with Crippen molar-refractivity contribution < 1.29 is 14.3 Å². The average molecular weight is 502 g/mol. The summed E-state index contributed by atoms with van der Waals surface area (Å²) in [6.45, 7) is 3.18. The Bertz CT molecular complexity index is 1250. The zero-order chi connectivity index (χ0) is 24.2. The van der Waals surface area contributed by atoms with Crippen molar-refractivity contribution in [3.63, 3.8) is 0 Å². The minimum atomic E-state index is -0.439. The summed E-state index contributed by atoms with van der Waals surface area (Å²) >= 11 is 12.1. The van der Waals surface area contributed by atoms with E-state index in [2.05, 4.69) is 9.88 Å². The predicted octanol–water partition coefficient (Wildman–Crippen LogP) is 4.32. The lowest BCUT2D eigenvalue weighted by molar-refractivity contribution is 0.0626. The van der Waals surface area contributed by atoms with E-state index in [1.807, 2.05) is 12.1 Å². The van der Waals surface area contributed by atoms with Gasteiger partial charge in [0.15, 0.2) is 0 Å². The van der Waals surface area contributed by atoms with Gasteiger partial charge in [-0.05, 0) is 48.0 Å². The summed E-state index contributed by atoms with van der Waals surface area (Å²) in [6, 6.07) is 14.2. The maximum absolute atomic E-state index is 13.0. The van der Waals surface area contributed by atoms with E-state index in [1.165, 1.54) is 0 Å². The molecule has 0 radical (unpaired) electrons. The van der Waals surface area contributed by atoms with Gasteiger partial charge in [0, 0.05) is 38.3 Å². The number of methoxy groups -OCH3 is 2. The molecule has 7 nitrogen and oxygen atoms in total. The van der Waals surface area contributed by atoms with Gasteiger partial charge in [0.1, 0.15) is 17.1 Å². The van der Waals surface area contributed by atoms with Gasteiger partial charge in [0.05, 0.1) is 30.0 Å². The van der Waals surface area contributed by atoms with Crippen LogP contribution in [0.2, 0.25) is 10.0 Å². The lowest BCUT2D eigenvalue weighted by Crippen LogP contribution is -2.49. The zero-order valence-electron chi connectivity index (χ0n) is 18.9. The minimum absolute atomic E-state index is 0.114. The quantitative estimate of drug-likeness (QED) is 0.544. The van der Waals surface area contributed by atoms with Gasteiger partial charge >= 0.3 is 0 Å². The number of carbonyl (C=O) groups excluding carboxylic acids is 1. The monoisotopic (exact) mass is 501 g/mol. The van der Waals surface area contributed by atoms with E-state index < -0.39 is 5.56 Å². The first kappa shape index (κ1) is 24.1. The highest BCUT2D eigenvalue weighted by atomic mass is 35.5. The number of halogens is 2. The number of piperazine rings is 1. The van der Waals surface area contributed by atoms with Gasteiger partial charge in [-0.25, -0.2) is 0 Å². The summed E-state index contributed by atoms with van der Waals surface area (Å²) in [6.07, 6.45) is 0. The van der Waals surface area contributed by atoms with Crippen molar-refractivity contribution in [3.05, 3.63) is 80.1 Å². The summed E-state index contributed by atoms with van der Waals surface area (Å²) < 4.78 is 10.7. The molecule has 0 atom stereocenters. The van der Waals surface area contributed by atoms with Gasteiger partial charge in [0.25, 0.3) is 11.5 Å². The Morgan fingerprint density at radius 2 is 1.71 bits per heavy atom. The van der Waals surface area contributed by atoms with E-state index in [0.717, 1.165) is 12.1 Å². The predicted molar refractivity (Wildman–Crippen MR) is 133 cm³/mol. The van der Waals surface area contributed by atoms with E-state index in [9.17, 15) is 9.59 Å². The highest BCUT2D eigenvalue weighted by molar-refractivity contribution is 6.42. The summed E-state index contributed by atoms with van der Waals surface area (Å²) in [5.41, 5.74) is 1.96. The van der Waals surface area contributed by atoms with Crippen molar-refractivity contribution in [2.24, 2.45) is 0 Å². The van der Waals surface area contributed by atoms with Crippen molar-refractivity contribution in [1.82, 2.24) is 14.8 Å². The summed E-state index contributed by atoms with van der Waals surface area (Å²) in [4.78, 5) is 32.6. The van der Waals surface area contributed by atoms with Crippen LogP contribution in [0.25, 0.3) is 11.3 Å². The molecule has 1 N–H and O–H groups in total. The van der Waals surface area contributed by atoms with Crippen molar-refractivity contribution >= 4 is 29.1 Å². The fraction of sp³-hybridized carbons (Fsp3) is 0.280. The SMILES string of the molecule is COc1ccc(OC)c(-c2ccc(C(=O)N3CCN(Cc4ccc(Cl)c(Cl)c4)CC3)c(=O)[nH]2)c1. The second kappa shape index (κ2) is 10.5. The van der Waals surface area contributed by atoms with Crippen LogP contribution in [0, 0.1) is 0 Å². The van der Waals surface area contributed by atoms with Crippen LogP contribution < -0.4 is 15.0 Å². The van der Waals surface area contributed by atoms with Crippen LogP contribution in [0.1, 0.15) is 15.9 Å². The van der Waals surface area contributed by atoms with Crippen LogP contribution in [0.15, 0.2) is 53.3 Å². The Morgan fingerprint density at radius 3 is 2.35 bits per heavy atom. The van der Waals surface area contributed by atoms with Crippen LogP contribution >= 0.6 is 23.2 Å². The van der Waals surface area contributed by atoms with Gasteiger partial charge in [-0.2, -0.15) is 0 Å². The number of hydrogen-bond donors (Lipinski definition) is 1. The third-order valence-electron chi connectivity index (χ3n) is 5.89. The summed E-state index contributed by atoms with van der Waals surface area (Å²) in [5, 5.41) is 1.06. The zero-order valence-corrected chi connectivity index (χ0v) is 20.4. The minimum Gasteiger partial charge on any atom is -0.497 e. The fourth-order valence-corrected chi connectivity index (χ4v) is 4.32. The average Bonchev–Trinajstić information content (AvgIpc) is 2.86. The van der Waals surface area contributed by atoms with Crippen LogP contribution in [0.4, 0.5) is 0 Å². The molecule has 0 bridgehead atoms. The Labute approximate surface area is 207 Å². The van der Waals surface area contributed by atoms with E-state index in [0.29, 0.717) is 59.0 Å². The number of pyridine rings is 1. The Kier molecular flexibility index (Phi) is 7.46. The molecule has 9 heteroatoms. The maximum Gasteiger partial charge on any atom is 0.261 e. The normalized spacial score (nSPS) is 14.2. The van der Waals surface area contributed by atoms with Crippen LogP contribution in [0.3, 0.4) is 0 Å². The molecular formula is C25H25Cl2N3O4. The lowest BCUT2D eigenvalue weighted by atomic mass is 10.1. The van der Waals surface area contributed by atoms with E-state index >= 15 is 0 Å². The number of aromatic nitrogens is 1. The number of benzene rings is 2. The topological polar surface area (TPSA) is 74.9 Å². The number of aromatic amines is 1. The maximum atomic E-state index is 13.0. The standard InChI is InChI=1S/C25H25Cl2N3O4/c1-33-17-4-8-23(34-2)19(14-17)22-7-5-18(24(31)28-22)25(32)30-11-9-29(10-12-30)15-16-3-6-20(26)21(27)13-16/h3-8,13-14H,9-12,15H2,1-2H3,(H,28,31). The highest BCUT2D eigenvalue weighted by Crippen LogP contribution is 2.32. The number of amides is 1. The van der Waals surface area contributed by atoms with Crippen molar-refractivity contribution in [2.75, 3.05) is 40.4 Å². The number of nitrogens with one attached hydrogen (secondary N) is 1. The third-order valence-corrected chi connectivity index (χ3v) is 6.63. The molecule has 34 heavy (non-hydrogen) atoms. The fourth-order valence-electron chi connectivity index (χ4n) is 4.00. The first-order chi connectivity index (χ1) is 16.4. The molecule has 1 amide bonds. The molecule has 2 aromatic carbocycles.